The summed E-state index contributed by atoms with van der Waals surface area (Å²) in [6.07, 6.45) is 22.8. The van der Waals surface area contributed by atoms with E-state index in [1.807, 2.05) is 0 Å². The molecule has 0 bridgehead atoms. The van der Waals surface area contributed by atoms with Crippen molar-refractivity contribution in [3.05, 3.63) is 0 Å². The molecule has 1 rings (SSSR count). The average Bonchev–Trinajstić information content (AvgIpc) is 2.62. The molecule has 2 nitrogen and oxygen atoms in total. The fourth-order valence-corrected chi connectivity index (χ4v) is 5.68. The highest BCUT2D eigenvalue weighted by molar-refractivity contribution is 7.92. The van der Waals surface area contributed by atoms with Crippen LogP contribution in [0.2, 0.25) is 0 Å². The molecular weight excluding hydrogens is 328 g/mol. The molecule has 0 saturated heterocycles. The fraction of sp³-hybridized carbons (Fsp3) is 1.00. The largest absolute Gasteiger partial charge is 0.616 e. The topological polar surface area (TPSA) is 43.3 Å². The Kier molecular flexibility index (Phi) is 15.3. The molecule has 1 aliphatic rings. The molecule has 150 valence electrons. The summed E-state index contributed by atoms with van der Waals surface area (Å²) in [4.78, 5) is 0. The summed E-state index contributed by atoms with van der Waals surface area (Å²) in [5, 5.41) is 10.0. The van der Waals surface area contributed by atoms with Gasteiger partial charge in [-0.1, -0.05) is 90.4 Å². The first-order valence-electron chi connectivity index (χ1n) is 11.3. The molecule has 0 spiro atoms. The molecule has 1 saturated carbocycles. The van der Waals surface area contributed by atoms with Crippen molar-refractivity contribution in [3.8, 4) is 0 Å². The Hall–Kier alpha value is 0.270. The molecule has 0 aliphatic heterocycles. The molecule has 3 heteroatoms. The number of aliphatic hydroxyl groups excluding tert-OH is 1. The van der Waals surface area contributed by atoms with Crippen LogP contribution in [-0.4, -0.2) is 26.8 Å². The first-order chi connectivity index (χ1) is 12.3. The minimum Gasteiger partial charge on any atom is -0.616 e. The number of hydrogen-bond acceptors (Lipinski definition) is 2. The molecule has 0 radical (unpaired) electrons. The third-order valence-electron chi connectivity index (χ3n) is 5.70. The Morgan fingerprint density at radius 1 is 0.720 bits per heavy atom. The van der Waals surface area contributed by atoms with Crippen LogP contribution in [0.5, 0.6) is 0 Å². The lowest BCUT2D eigenvalue weighted by atomic mass is 9.97. The maximum absolute atomic E-state index is 12.3. The van der Waals surface area contributed by atoms with Crippen molar-refractivity contribution in [2.24, 2.45) is 0 Å². The van der Waals surface area contributed by atoms with Crippen LogP contribution >= 0.6 is 0 Å². The van der Waals surface area contributed by atoms with E-state index < -0.39 is 11.2 Å². The highest BCUT2D eigenvalue weighted by Gasteiger charge is 2.32. The van der Waals surface area contributed by atoms with Crippen LogP contribution in [0.25, 0.3) is 0 Å². The molecule has 1 aliphatic carbocycles. The summed E-state index contributed by atoms with van der Waals surface area (Å²) in [6, 6.07) is 0. The summed E-state index contributed by atoms with van der Waals surface area (Å²) in [5.74, 6) is 0.805. The van der Waals surface area contributed by atoms with Gasteiger partial charge in [-0.05, 0) is 43.3 Å². The number of hydrogen-bond donors (Lipinski definition) is 1. The predicted octanol–water partition coefficient (Wildman–Crippen LogP) is 6.52. The summed E-state index contributed by atoms with van der Waals surface area (Å²) in [5.41, 5.74) is 0. The Bertz CT molecular complexity index is 285. The Morgan fingerprint density at radius 2 is 1.16 bits per heavy atom. The fourth-order valence-electron chi connectivity index (χ4n) is 3.97. The third-order valence-corrected chi connectivity index (χ3v) is 7.62. The van der Waals surface area contributed by atoms with Crippen molar-refractivity contribution in [1.29, 1.82) is 0 Å². The van der Waals surface area contributed by atoms with E-state index in [2.05, 4.69) is 6.92 Å². The standard InChI is InChI=1S/C22H44O2S/c1-2-3-4-5-6-7-8-9-10-11-12-13-14-17-20-25(24)22-19-16-15-18-21(22)23/h21-23H,2-20H2,1H3/t21-,22-,25+/m1/s1. The highest BCUT2D eigenvalue weighted by Crippen LogP contribution is 2.25. The van der Waals surface area contributed by atoms with Crippen LogP contribution in [0.3, 0.4) is 0 Å². The summed E-state index contributed by atoms with van der Waals surface area (Å²) in [7, 11) is 0. The van der Waals surface area contributed by atoms with Crippen molar-refractivity contribution in [2.45, 2.75) is 134 Å². The van der Waals surface area contributed by atoms with E-state index in [-0.39, 0.29) is 11.4 Å². The van der Waals surface area contributed by atoms with E-state index in [1.165, 1.54) is 83.5 Å². The van der Waals surface area contributed by atoms with Gasteiger partial charge in [0.2, 0.25) is 0 Å². The summed E-state index contributed by atoms with van der Waals surface area (Å²) in [6.45, 7) is 2.28. The molecule has 1 N–H and O–H groups in total. The number of unbranched alkanes of at least 4 members (excludes halogenated alkanes) is 13. The van der Waals surface area contributed by atoms with Crippen molar-refractivity contribution >= 4 is 11.2 Å². The van der Waals surface area contributed by atoms with Gasteiger partial charge in [0.05, 0.1) is 0 Å². The molecular formula is C22H44O2S. The molecule has 0 heterocycles. The molecule has 3 atom stereocenters. The van der Waals surface area contributed by atoms with Crippen molar-refractivity contribution in [3.63, 3.8) is 0 Å². The second kappa shape index (κ2) is 16.4. The third kappa shape index (κ3) is 12.3. The lowest BCUT2D eigenvalue weighted by Gasteiger charge is -2.29. The van der Waals surface area contributed by atoms with Crippen LogP contribution in [0.15, 0.2) is 0 Å². The van der Waals surface area contributed by atoms with Crippen molar-refractivity contribution in [2.75, 3.05) is 5.75 Å². The average molecular weight is 373 g/mol. The zero-order valence-corrected chi connectivity index (χ0v) is 17.7. The van der Waals surface area contributed by atoms with Crippen LogP contribution in [0.4, 0.5) is 0 Å². The van der Waals surface area contributed by atoms with Crippen LogP contribution < -0.4 is 0 Å². The van der Waals surface area contributed by atoms with Gasteiger partial charge in [0.15, 0.2) is 0 Å². The van der Waals surface area contributed by atoms with Gasteiger partial charge >= 0.3 is 0 Å². The first-order valence-corrected chi connectivity index (χ1v) is 12.7. The van der Waals surface area contributed by atoms with E-state index in [4.69, 9.17) is 0 Å². The van der Waals surface area contributed by atoms with E-state index in [0.717, 1.165) is 37.9 Å². The smallest absolute Gasteiger partial charge is 0.141 e. The highest BCUT2D eigenvalue weighted by atomic mass is 32.2. The second-order valence-electron chi connectivity index (χ2n) is 8.07. The molecule has 0 aromatic rings. The van der Waals surface area contributed by atoms with Crippen LogP contribution in [-0.2, 0) is 11.2 Å². The first kappa shape index (κ1) is 23.3. The molecule has 0 unspecified atom stereocenters. The van der Waals surface area contributed by atoms with Gasteiger partial charge in [-0.2, -0.15) is 0 Å². The quantitative estimate of drug-likeness (QED) is 0.247. The molecule has 1 fully saturated rings. The maximum atomic E-state index is 12.3. The summed E-state index contributed by atoms with van der Waals surface area (Å²) >= 11 is -0.803. The second-order valence-corrected chi connectivity index (χ2v) is 9.85. The van der Waals surface area contributed by atoms with E-state index in [0.29, 0.717) is 0 Å². The molecule has 0 aromatic heterocycles. The minimum atomic E-state index is -0.803. The zero-order valence-electron chi connectivity index (χ0n) is 16.9. The van der Waals surface area contributed by atoms with Crippen LogP contribution in [0, 0.1) is 0 Å². The number of rotatable bonds is 16. The van der Waals surface area contributed by atoms with E-state index in [9.17, 15) is 9.66 Å². The molecule has 0 aromatic carbocycles. The van der Waals surface area contributed by atoms with Gasteiger partial charge in [-0.15, -0.1) is 0 Å². The van der Waals surface area contributed by atoms with Gasteiger partial charge < -0.3 is 9.66 Å². The monoisotopic (exact) mass is 372 g/mol. The normalized spacial score (nSPS) is 22.2. The Morgan fingerprint density at radius 3 is 1.64 bits per heavy atom. The van der Waals surface area contributed by atoms with Gasteiger partial charge in [0, 0.05) is 0 Å². The van der Waals surface area contributed by atoms with Gasteiger partial charge in [0.1, 0.15) is 17.1 Å². The van der Waals surface area contributed by atoms with Crippen LogP contribution in [0.1, 0.15) is 122 Å². The minimum absolute atomic E-state index is 0.0655. The summed E-state index contributed by atoms with van der Waals surface area (Å²) < 4.78 is 12.3. The van der Waals surface area contributed by atoms with Gasteiger partial charge in [-0.3, -0.25) is 0 Å². The van der Waals surface area contributed by atoms with Gasteiger partial charge in [0.25, 0.3) is 0 Å². The van der Waals surface area contributed by atoms with Crippen molar-refractivity contribution in [1.82, 2.24) is 0 Å². The predicted molar refractivity (Wildman–Crippen MR) is 112 cm³/mol. The molecule has 0 amide bonds. The Labute approximate surface area is 160 Å². The van der Waals surface area contributed by atoms with Crippen molar-refractivity contribution < 1.29 is 9.66 Å². The van der Waals surface area contributed by atoms with E-state index in [1.54, 1.807) is 0 Å². The lowest BCUT2D eigenvalue weighted by Crippen LogP contribution is -2.38. The lowest BCUT2D eigenvalue weighted by molar-refractivity contribution is 0.133. The SMILES string of the molecule is CCCCCCCCCCCCCCCC[S@+]([O-])[C@@H]1CCCC[C@H]1O. The Balaban J connectivity index is 1.80. The van der Waals surface area contributed by atoms with Gasteiger partial charge in [-0.25, -0.2) is 0 Å². The van der Waals surface area contributed by atoms with E-state index >= 15 is 0 Å². The maximum Gasteiger partial charge on any atom is 0.141 e. The zero-order chi connectivity index (χ0) is 18.2. The molecule has 25 heavy (non-hydrogen) atoms. The number of aliphatic hydroxyl groups is 1.